The van der Waals surface area contributed by atoms with Crippen LogP contribution in [0.15, 0.2) is 36.9 Å². The van der Waals surface area contributed by atoms with Crippen LogP contribution in [0.5, 0.6) is 0 Å². The predicted octanol–water partition coefficient (Wildman–Crippen LogP) is 6.00. The van der Waals surface area contributed by atoms with Gasteiger partial charge in [0.15, 0.2) is 11.6 Å². The first-order valence-corrected chi connectivity index (χ1v) is 17.6. The van der Waals surface area contributed by atoms with Gasteiger partial charge in [0.2, 0.25) is 11.7 Å². The summed E-state index contributed by atoms with van der Waals surface area (Å²) < 4.78 is 5.54. The van der Waals surface area contributed by atoms with E-state index in [1.807, 2.05) is 45.0 Å². The number of allylic oxidation sites excluding steroid dienone is 1. The number of alkyl carbamates (subject to hydrolysis) is 1. The number of amides is 2. The van der Waals surface area contributed by atoms with E-state index in [0.717, 1.165) is 17.5 Å². The van der Waals surface area contributed by atoms with Crippen LogP contribution in [0.4, 0.5) is 4.79 Å². The number of nitrogens with one attached hydrogen (secondary N) is 1. The van der Waals surface area contributed by atoms with Crippen LogP contribution in [0, 0.1) is 29.1 Å². The number of hydrogen-bond donors (Lipinski definition) is 1. The van der Waals surface area contributed by atoms with Gasteiger partial charge in [-0.25, -0.2) is 4.79 Å². The first-order chi connectivity index (χ1) is 22.5. The second-order valence-corrected chi connectivity index (χ2v) is 16.3. The molecule has 0 radical (unpaired) electrons. The molecule has 1 N–H and O–H groups in total. The van der Waals surface area contributed by atoms with Gasteiger partial charge in [-0.15, -0.1) is 6.58 Å². The molecule has 3 aliphatic rings. The molecule has 2 aliphatic carbocycles. The standard InChI is InChI=1S/C39H54N2O7/c1-8-9-13-26(35(45)31(43)17-12-16-29(42)22-38(2,3)4)21-32(44)34-30-20-28(30)23-41(34)36(46)33(40-37(47)48-39(5,6)7)27-18-24-14-10-11-15-25(24)19-27/h8,10-11,14-15,26-28,30,33-34H,1,9,12-13,16-23H2,2-7H3,(H,40,47)/t26?,28-,30-,33-,34-/m0/s1. The van der Waals surface area contributed by atoms with Gasteiger partial charge < -0.3 is 15.0 Å². The van der Waals surface area contributed by atoms with E-state index in [1.165, 1.54) is 0 Å². The zero-order chi connectivity index (χ0) is 35.4. The maximum atomic E-state index is 14.4. The zero-order valence-corrected chi connectivity index (χ0v) is 29.6. The number of ether oxygens (including phenoxy) is 1. The number of carbonyl (C=O) groups is 6. The number of benzene rings is 1. The molecule has 1 aromatic carbocycles. The molecule has 1 saturated heterocycles. The van der Waals surface area contributed by atoms with E-state index in [1.54, 1.807) is 31.7 Å². The van der Waals surface area contributed by atoms with E-state index >= 15 is 0 Å². The largest absolute Gasteiger partial charge is 0.444 e. The fourth-order valence-electron chi connectivity index (χ4n) is 7.41. The van der Waals surface area contributed by atoms with Crippen molar-refractivity contribution in [3.8, 4) is 0 Å². The number of piperidine rings is 1. The predicted molar refractivity (Wildman–Crippen MR) is 183 cm³/mol. The molecule has 1 saturated carbocycles. The SMILES string of the molecule is C=CCCC(CC(=O)[C@@H]1[C@H]2C[C@H]2CN1C(=O)[C@@H](NC(=O)OC(C)(C)C)C1Cc2ccccc2C1)C(=O)C(=O)CCCC(=O)CC(C)(C)C. The van der Waals surface area contributed by atoms with E-state index in [4.69, 9.17) is 4.74 Å². The lowest BCUT2D eigenvalue weighted by Crippen LogP contribution is -2.56. The van der Waals surface area contributed by atoms with Gasteiger partial charge in [-0.05, 0) is 93.6 Å². The third-order valence-electron chi connectivity index (χ3n) is 9.65. The molecule has 1 aromatic rings. The molecule has 0 aromatic heterocycles. The van der Waals surface area contributed by atoms with E-state index in [-0.39, 0.29) is 59.9 Å². The molecule has 5 atom stereocenters. The number of nitrogens with zero attached hydrogens (tertiary/aromatic N) is 1. The number of rotatable bonds is 16. The summed E-state index contributed by atoms with van der Waals surface area (Å²) in [6.45, 7) is 15.4. The Morgan fingerprint density at radius 2 is 1.65 bits per heavy atom. The second kappa shape index (κ2) is 15.3. The Morgan fingerprint density at radius 1 is 1.00 bits per heavy atom. The zero-order valence-electron chi connectivity index (χ0n) is 29.6. The van der Waals surface area contributed by atoms with Crippen LogP contribution in [0.3, 0.4) is 0 Å². The summed E-state index contributed by atoms with van der Waals surface area (Å²) in [6, 6.07) is 6.40. The van der Waals surface area contributed by atoms with Crippen LogP contribution < -0.4 is 5.32 Å². The molecule has 0 bridgehead atoms. The van der Waals surface area contributed by atoms with Gasteiger partial charge in [0.25, 0.3) is 0 Å². The van der Waals surface area contributed by atoms with E-state index in [9.17, 15) is 28.8 Å². The average molecular weight is 663 g/mol. The van der Waals surface area contributed by atoms with Crippen LogP contribution in [0.2, 0.25) is 0 Å². The molecule has 48 heavy (non-hydrogen) atoms. The summed E-state index contributed by atoms with van der Waals surface area (Å²) >= 11 is 0. The normalized spacial score (nSPS) is 21.5. The highest BCUT2D eigenvalue weighted by Crippen LogP contribution is 2.51. The van der Waals surface area contributed by atoms with E-state index in [2.05, 4.69) is 11.9 Å². The third kappa shape index (κ3) is 9.95. The minimum Gasteiger partial charge on any atom is -0.444 e. The monoisotopic (exact) mass is 662 g/mol. The number of carbonyl (C=O) groups excluding carboxylic acids is 6. The summed E-state index contributed by atoms with van der Waals surface area (Å²) in [7, 11) is 0. The highest BCUT2D eigenvalue weighted by atomic mass is 16.6. The Balaban J connectivity index is 1.46. The fourth-order valence-corrected chi connectivity index (χ4v) is 7.41. The van der Waals surface area contributed by atoms with Crippen molar-refractivity contribution in [1.82, 2.24) is 10.2 Å². The van der Waals surface area contributed by atoms with Crippen molar-refractivity contribution in [2.45, 2.75) is 123 Å². The van der Waals surface area contributed by atoms with Gasteiger partial charge in [0.1, 0.15) is 17.4 Å². The Hall–Kier alpha value is -3.62. The van der Waals surface area contributed by atoms with Crippen molar-refractivity contribution in [3.05, 3.63) is 48.0 Å². The lowest BCUT2D eigenvalue weighted by atomic mass is 9.86. The number of hydrogen-bond acceptors (Lipinski definition) is 7. The molecule has 9 nitrogen and oxygen atoms in total. The smallest absolute Gasteiger partial charge is 0.408 e. The maximum Gasteiger partial charge on any atom is 0.408 e. The van der Waals surface area contributed by atoms with Crippen molar-refractivity contribution >= 4 is 35.1 Å². The lowest BCUT2D eigenvalue weighted by Gasteiger charge is -2.34. The van der Waals surface area contributed by atoms with Crippen LogP contribution in [0.1, 0.15) is 104 Å². The Bertz CT molecular complexity index is 1390. The average Bonchev–Trinajstić information content (AvgIpc) is 3.43. The van der Waals surface area contributed by atoms with Gasteiger partial charge in [-0.3, -0.25) is 24.0 Å². The Morgan fingerprint density at radius 3 is 2.23 bits per heavy atom. The molecule has 1 aliphatic heterocycles. The van der Waals surface area contributed by atoms with Gasteiger partial charge in [-0.2, -0.15) is 0 Å². The van der Waals surface area contributed by atoms with Gasteiger partial charge in [-0.1, -0.05) is 51.1 Å². The summed E-state index contributed by atoms with van der Waals surface area (Å²) in [4.78, 5) is 81.7. The Kier molecular flexibility index (Phi) is 11.9. The molecule has 1 unspecified atom stereocenters. The molecule has 4 rings (SSSR count). The van der Waals surface area contributed by atoms with Gasteiger partial charge >= 0.3 is 6.09 Å². The summed E-state index contributed by atoms with van der Waals surface area (Å²) in [5.41, 5.74) is 1.37. The fraction of sp³-hybridized carbons (Fsp3) is 0.641. The quantitative estimate of drug-likeness (QED) is 0.170. The summed E-state index contributed by atoms with van der Waals surface area (Å²) in [5.74, 6) is -2.45. The van der Waals surface area contributed by atoms with Crippen molar-refractivity contribution < 1.29 is 33.5 Å². The van der Waals surface area contributed by atoms with Crippen LogP contribution in [-0.2, 0) is 41.6 Å². The highest BCUT2D eigenvalue weighted by molar-refractivity contribution is 6.38. The summed E-state index contributed by atoms with van der Waals surface area (Å²) in [6.07, 6.45) is 4.57. The minimum absolute atomic E-state index is 0.00379. The van der Waals surface area contributed by atoms with Crippen LogP contribution >= 0.6 is 0 Å². The number of likely N-dealkylation sites (tertiary alicyclic amines) is 1. The second-order valence-electron chi connectivity index (χ2n) is 16.3. The molecular weight excluding hydrogens is 608 g/mol. The first-order valence-electron chi connectivity index (χ1n) is 17.6. The van der Waals surface area contributed by atoms with Crippen molar-refractivity contribution in [1.29, 1.82) is 0 Å². The molecule has 2 fully saturated rings. The van der Waals surface area contributed by atoms with E-state index in [0.29, 0.717) is 45.1 Å². The van der Waals surface area contributed by atoms with E-state index < -0.39 is 41.3 Å². The highest BCUT2D eigenvalue weighted by Gasteiger charge is 2.58. The lowest BCUT2D eigenvalue weighted by molar-refractivity contribution is -0.143. The number of fused-ring (bicyclic) bond motifs is 2. The molecule has 1 heterocycles. The summed E-state index contributed by atoms with van der Waals surface area (Å²) in [5, 5.41) is 2.86. The molecule has 9 heteroatoms. The third-order valence-corrected chi connectivity index (χ3v) is 9.65. The maximum absolute atomic E-state index is 14.4. The van der Waals surface area contributed by atoms with Crippen LogP contribution in [-0.4, -0.2) is 64.3 Å². The first kappa shape index (κ1) is 37.2. The van der Waals surface area contributed by atoms with Crippen molar-refractivity contribution in [2.24, 2.45) is 29.1 Å². The van der Waals surface area contributed by atoms with Gasteiger partial charge in [0, 0.05) is 38.1 Å². The molecule has 0 spiro atoms. The molecule has 262 valence electrons. The Labute approximate surface area is 285 Å². The topological polar surface area (TPSA) is 127 Å². The molecule has 2 amide bonds. The van der Waals surface area contributed by atoms with Crippen molar-refractivity contribution in [2.75, 3.05) is 6.54 Å². The molecular formula is C39H54N2O7. The minimum atomic E-state index is -0.888. The number of ketones is 4. The number of Topliss-reactive ketones (excluding diaryl/α,β-unsaturated/α-hetero) is 4. The van der Waals surface area contributed by atoms with Crippen LogP contribution in [0.25, 0.3) is 0 Å². The van der Waals surface area contributed by atoms with Gasteiger partial charge in [0.05, 0.1) is 6.04 Å². The van der Waals surface area contributed by atoms with Crippen molar-refractivity contribution in [3.63, 3.8) is 0 Å².